The largest absolute Gasteiger partial charge is 0.480 e. The van der Waals surface area contributed by atoms with Crippen LogP contribution in [0.1, 0.15) is 19.8 Å². The third kappa shape index (κ3) is 5.00. The first-order chi connectivity index (χ1) is 6.51. The molecule has 0 aliphatic carbocycles. The Balaban J connectivity index is 4.03. The zero-order valence-electron chi connectivity index (χ0n) is 7.45. The van der Waals surface area contributed by atoms with Gasteiger partial charge < -0.3 is 13.5 Å². The number of hydrogen-bond donors (Lipinski definition) is 2. The van der Waals surface area contributed by atoms with Crippen molar-refractivity contribution in [3.05, 3.63) is 0 Å². The molecule has 0 saturated heterocycles. The van der Waals surface area contributed by atoms with Crippen molar-refractivity contribution in [1.29, 1.82) is 0 Å². The van der Waals surface area contributed by atoms with E-state index >= 15 is 0 Å². The molecule has 6 nitrogen and oxygen atoms in total. The average molecular weight is 315 g/mol. The van der Waals surface area contributed by atoms with Gasteiger partial charge >= 0.3 is 11.9 Å². The van der Waals surface area contributed by atoms with Gasteiger partial charge in [-0.2, -0.15) is 0 Å². The number of aliphatic carboxylic acids is 1. The highest BCUT2D eigenvalue weighted by molar-refractivity contribution is 14.1. The fourth-order valence-corrected chi connectivity index (χ4v) is 0.898. The van der Waals surface area contributed by atoms with Gasteiger partial charge in [0.15, 0.2) is 23.0 Å². The Morgan fingerprint density at radius 2 is 2.07 bits per heavy atom. The third-order valence-electron chi connectivity index (χ3n) is 1.43. The summed E-state index contributed by atoms with van der Waals surface area (Å²) in [5.41, 5.74) is 0. The Morgan fingerprint density at radius 3 is 2.43 bits per heavy atom. The molecule has 0 aromatic carbocycles. The molecule has 0 aromatic rings. The van der Waals surface area contributed by atoms with Crippen LogP contribution in [0.3, 0.4) is 0 Å². The van der Waals surface area contributed by atoms with E-state index in [4.69, 9.17) is 5.11 Å². The van der Waals surface area contributed by atoms with Crippen molar-refractivity contribution in [2.24, 2.45) is 0 Å². The maximum Gasteiger partial charge on any atom is 0.326 e. The number of halogens is 1. The van der Waals surface area contributed by atoms with E-state index in [2.05, 4.69) is 8.38 Å². The Kier molecular flexibility index (Phi) is 6.17. The number of rotatable bonds is 5. The minimum Gasteiger partial charge on any atom is -0.480 e. The monoisotopic (exact) mass is 315 g/mol. The molecule has 0 rings (SSSR count). The summed E-state index contributed by atoms with van der Waals surface area (Å²) in [4.78, 5) is 32.1. The van der Waals surface area contributed by atoms with Gasteiger partial charge in [-0.1, -0.05) is 6.92 Å². The van der Waals surface area contributed by atoms with Gasteiger partial charge in [0.25, 0.3) is 0 Å². The van der Waals surface area contributed by atoms with Crippen molar-refractivity contribution < 1.29 is 22.6 Å². The first-order valence-corrected chi connectivity index (χ1v) is 4.73. The van der Waals surface area contributed by atoms with Crippen LogP contribution in [-0.4, -0.2) is 29.0 Å². The SMILES string of the molecule is CCC(NC(=O)CC(=O)OI)C(=O)O. The Morgan fingerprint density at radius 1 is 1.50 bits per heavy atom. The molecule has 1 amide bonds. The first kappa shape index (κ1) is 13.1. The molecule has 80 valence electrons. The van der Waals surface area contributed by atoms with E-state index in [0.717, 1.165) is 0 Å². The van der Waals surface area contributed by atoms with Crippen LogP contribution >= 0.6 is 23.0 Å². The van der Waals surface area contributed by atoms with Crippen LogP contribution in [0.5, 0.6) is 0 Å². The van der Waals surface area contributed by atoms with Gasteiger partial charge in [0.2, 0.25) is 5.91 Å². The number of amides is 1. The Bertz CT molecular complexity index is 242. The van der Waals surface area contributed by atoms with Crippen molar-refractivity contribution in [2.45, 2.75) is 25.8 Å². The Hall–Kier alpha value is -0.860. The van der Waals surface area contributed by atoms with Crippen molar-refractivity contribution in [1.82, 2.24) is 5.32 Å². The maximum absolute atomic E-state index is 11.0. The minimum absolute atomic E-state index is 0.264. The summed E-state index contributed by atoms with van der Waals surface area (Å²) in [7, 11) is 0. The second-order valence-corrected chi connectivity index (χ2v) is 2.93. The lowest BCUT2D eigenvalue weighted by atomic mass is 10.2. The molecule has 0 aliphatic rings. The molecule has 0 aliphatic heterocycles. The lowest BCUT2D eigenvalue weighted by Crippen LogP contribution is -2.40. The smallest absolute Gasteiger partial charge is 0.326 e. The second kappa shape index (κ2) is 6.57. The number of hydrogen-bond acceptors (Lipinski definition) is 4. The Labute approximate surface area is 94.7 Å². The topological polar surface area (TPSA) is 92.7 Å². The predicted octanol–water partition coefficient (Wildman–Crippen LogP) is 0.249. The number of carboxylic acid groups (broad SMARTS) is 1. The lowest BCUT2D eigenvalue weighted by Gasteiger charge is -2.10. The molecule has 1 atom stereocenters. The van der Waals surface area contributed by atoms with Crippen LogP contribution in [0.15, 0.2) is 0 Å². The molecule has 7 heteroatoms. The van der Waals surface area contributed by atoms with Crippen molar-refractivity contribution in [3.63, 3.8) is 0 Å². The minimum atomic E-state index is -1.12. The van der Waals surface area contributed by atoms with E-state index in [1.54, 1.807) is 6.92 Å². The van der Waals surface area contributed by atoms with E-state index in [0.29, 0.717) is 0 Å². The number of nitrogens with one attached hydrogen (secondary N) is 1. The fraction of sp³-hybridized carbons (Fsp3) is 0.571. The molecular formula is C7H10INO5. The quantitative estimate of drug-likeness (QED) is 0.560. The average Bonchev–Trinajstić information content (AvgIpc) is 2.13. The van der Waals surface area contributed by atoms with E-state index in [-0.39, 0.29) is 6.42 Å². The molecule has 0 aromatic heterocycles. The molecule has 0 fully saturated rings. The van der Waals surface area contributed by atoms with Gasteiger partial charge in [0.1, 0.15) is 12.5 Å². The fourth-order valence-electron chi connectivity index (χ4n) is 0.742. The van der Waals surface area contributed by atoms with E-state index in [1.165, 1.54) is 23.0 Å². The zero-order valence-corrected chi connectivity index (χ0v) is 9.61. The van der Waals surface area contributed by atoms with Gasteiger partial charge in [-0.15, -0.1) is 0 Å². The lowest BCUT2D eigenvalue weighted by molar-refractivity contribution is -0.143. The normalized spacial score (nSPS) is 11.6. The van der Waals surface area contributed by atoms with Crippen LogP contribution in [0.2, 0.25) is 0 Å². The molecular weight excluding hydrogens is 305 g/mol. The molecule has 14 heavy (non-hydrogen) atoms. The van der Waals surface area contributed by atoms with E-state index < -0.39 is 30.3 Å². The second-order valence-electron chi connectivity index (χ2n) is 2.49. The van der Waals surface area contributed by atoms with Crippen LogP contribution in [0.4, 0.5) is 0 Å². The van der Waals surface area contributed by atoms with Gasteiger partial charge in [-0.3, -0.25) is 9.59 Å². The van der Waals surface area contributed by atoms with Gasteiger partial charge in [0, 0.05) is 0 Å². The van der Waals surface area contributed by atoms with E-state index in [1.807, 2.05) is 0 Å². The zero-order chi connectivity index (χ0) is 11.1. The van der Waals surface area contributed by atoms with Gasteiger partial charge in [-0.05, 0) is 6.42 Å². The van der Waals surface area contributed by atoms with Crippen LogP contribution in [0.25, 0.3) is 0 Å². The maximum atomic E-state index is 11.0. The molecule has 0 radical (unpaired) electrons. The standard InChI is InChI=1S/C7H10INO5/c1-2-4(7(12)13)9-5(10)3-6(11)14-8/h4H,2-3H2,1H3,(H,9,10)(H,12,13). The molecule has 0 bridgehead atoms. The predicted molar refractivity (Wildman–Crippen MR) is 54.6 cm³/mol. The summed E-state index contributed by atoms with van der Waals surface area (Å²) in [6, 6.07) is -0.954. The highest BCUT2D eigenvalue weighted by atomic mass is 127. The molecule has 2 N–H and O–H groups in total. The summed E-state index contributed by atoms with van der Waals surface area (Å²) in [5.74, 6) is -2.48. The van der Waals surface area contributed by atoms with Crippen molar-refractivity contribution >= 4 is 40.9 Å². The summed E-state index contributed by atoms with van der Waals surface area (Å²) >= 11 is 1.36. The van der Waals surface area contributed by atoms with Crippen molar-refractivity contribution in [2.75, 3.05) is 0 Å². The third-order valence-corrected chi connectivity index (χ3v) is 1.92. The van der Waals surface area contributed by atoms with Crippen LogP contribution < -0.4 is 5.32 Å². The molecule has 0 heterocycles. The summed E-state index contributed by atoms with van der Waals surface area (Å²) in [5, 5.41) is 10.8. The number of carbonyl (C=O) groups is 3. The summed E-state index contributed by atoms with van der Waals surface area (Å²) in [6.07, 6.45) is -0.201. The van der Waals surface area contributed by atoms with E-state index in [9.17, 15) is 14.4 Å². The molecule has 1 unspecified atom stereocenters. The van der Waals surface area contributed by atoms with Crippen LogP contribution in [-0.2, 0) is 17.4 Å². The highest BCUT2D eigenvalue weighted by Crippen LogP contribution is 1.96. The summed E-state index contributed by atoms with van der Waals surface area (Å²) < 4.78 is 4.22. The van der Waals surface area contributed by atoms with Crippen molar-refractivity contribution in [3.8, 4) is 0 Å². The van der Waals surface area contributed by atoms with Gasteiger partial charge in [-0.25, -0.2) is 4.79 Å². The molecule has 0 saturated carbocycles. The summed E-state index contributed by atoms with van der Waals surface area (Å²) in [6.45, 7) is 1.62. The van der Waals surface area contributed by atoms with Gasteiger partial charge in [0.05, 0.1) is 0 Å². The number of carboxylic acids is 1. The highest BCUT2D eigenvalue weighted by Gasteiger charge is 2.19. The van der Waals surface area contributed by atoms with Crippen LogP contribution in [0, 0.1) is 0 Å². The number of carbonyl (C=O) groups excluding carboxylic acids is 2. The first-order valence-electron chi connectivity index (χ1n) is 3.84. The molecule has 0 spiro atoms.